The van der Waals surface area contributed by atoms with Crippen LogP contribution in [0.4, 0.5) is 0 Å². The quantitative estimate of drug-likeness (QED) is 0.767. The maximum absolute atomic E-state index is 10.5. The first-order chi connectivity index (χ1) is 6.60. The summed E-state index contributed by atoms with van der Waals surface area (Å²) < 4.78 is 0. The summed E-state index contributed by atoms with van der Waals surface area (Å²) in [5.74, 6) is 0. The van der Waals surface area contributed by atoms with Crippen molar-refractivity contribution >= 4 is 11.3 Å². The molecule has 0 radical (unpaired) electrons. The number of aryl methyl sites for hydroxylation is 1. The largest absolute Gasteiger partial charge is 0.383 e. The van der Waals surface area contributed by atoms with Crippen molar-refractivity contribution in [3.05, 3.63) is 21.9 Å². The fourth-order valence-electron chi connectivity index (χ4n) is 2.13. The predicted octanol–water partition coefficient (Wildman–Crippen LogP) is 1.97. The molecule has 2 heterocycles. The summed E-state index contributed by atoms with van der Waals surface area (Å²) in [5, 5.41) is 10.5. The summed E-state index contributed by atoms with van der Waals surface area (Å²) in [6.45, 7) is 3.96. The van der Waals surface area contributed by atoms with Crippen LogP contribution in [-0.4, -0.2) is 30.1 Å². The molecule has 0 amide bonds. The van der Waals surface area contributed by atoms with Crippen LogP contribution in [0.5, 0.6) is 0 Å². The highest BCUT2D eigenvalue weighted by Gasteiger charge is 2.34. The SMILES string of the molecule is Cc1ccc(C2(O)CCCN(C)C2)s1. The van der Waals surface area contributed by atoms with E-state index in [1.807, 2.05) is 0 Å². The third kappa shape index (κ3) is 1.85. The lowest BCUT2D eigenvalue weighted by molar-refractivity contribution is -0.0247. The lowest BCUT2D eigenvalue weighted by Gasteiger charge is -2.36. The Morgan fingerprint density at radius 3 is 2.86 bits per heavy atom. The summed E-state index contributed by atoms with van der Waals surface area (Å²) in [5.41, 5.74) is -0.591. The van der Waals surface area contributed by atoms with Gasteiger partial charge in [0.2, 0.25) is 0 Å². The van der Waals surface area contributed by atoms with Gasteiger partial charge in [0, 0.05) is 16.3 Å². The van der Waals surface area contributed by atoms with Gasteiger partial charge in [-0.15, -0.1) is 11.3 Å². The molecule has 78 valence electrons. The first kappa shape index (κ1) is 10.1. The molecule has 14 heavy (non-hydrogen) atoms. The van der Waals surface area contributed by atoms with Gasteiger partial charge in [-0.25, -0.2) is 0 Å². The first-order valence-corrected chi connectivity index (χ1v) is 5.90. The van der Waals surface area contributed by atoms with Crippen LogP contribution in [0.25, 0.3) is 0 Å². The lowest BCUT2D eigenvalue weighted by atomic mass is 9.92. The second-order valence-corrected chi connectivity index (χ2v) is 5.57. The van der Waals surface area contributed by atoms with E-state index in [1.165, 1.54) is 4.88 Å². The van der Waals surface area contributed by atoms with E-state index in [1.54, 1.807) is 11.3 Å². The van der Waals surface area contributed by atoms with Gasteiger partial charge < -0.3 is 10.0 Å². The van der Waals surface area contributed by atoms with Crippen LogP contribution in [0.3, 0.4) is 0 Å². The highest BCUT2D eigenvalue weighted by molar-refractivity contribution is 7.12. The molecule has 1 N–H and O–H groups in total. The van der Waals surface area contributed by atoms with E-state index in [4.69, 9.17) is 0 Å². The molecule has 1 aromatic heterocycles. The van der Waals surface area contributed by atoms with Gasteiger partial charge >= 0.3 is 0 Å². The van der Waals surface area contributed by atoms with Gasteiger partial charge in [0.05, 0.1) is 0 Å². The van der Waals surface area contributed by atoms with Crippen molar-refractivity contribution in [2.75, 3.05) is 20.1 Å². The number of hydrogen-bond acceptors (Lipinski definition) is 3. The number of hydrogen-bond donors (Lipinski definition) is 1. The third-order valence-corrected chi connectivity index (χ3v) is 4.05. The molecule has 1 unspecified atom stereocenters. The maximum Gasteiger partial charge on any atom is 0.111 e. The molecule has 0 aromatic carbocycles. The number of likely N-dealkylation sites (N-methyl/N-ethyl adjacent to an activating group) is 1. The summed E-state index contributed by atoms with van der Waals surface area (Å²) in [6, 6.07) is 4.16. The molecule has 0 saturated carbocycles. The Labute approximate surface area is 89.2 Å². The predicted molar refractivity (Wildman–Crippen MR) is 59.7 cm³/mol. The molecule has 1 saturated heterocycles. The average Bonchev–Trinajstić information content (AvgIpc) is 2.52. The number of piperidine rings is 1. The van der Waals surface area contributed by atoms with Crippen LogP contribution < -0.4 is 0 Å². The summed E-state index contributed by atoms with van der Waals surface area (Å²) in [7, 11) is 2.07. The Hall–Kier alpha value is -0.380. The van der Waals surface area contributed by atoms with Crippen molar-refractivity contribution in [2.45, 2.75) is 25.4 Å². The molecular weight excluding hydrogens is 194 g/mol. The Kier molecular flexibility index (Phi) is 2.64. The number of β-amino-alcohol motifs (C(OH)–C–C–N with tert-alkyl or cyclic N) is 1. The molecule has 1 aliphatic rings. The van der Waals surface area contributed by atoms with Crippen molar-refractivity contribution in [1.82, 2.24) is 4.90 Å². The molecule has 3 heteroatoms. The zero-order chi connectivity index (χ0) is 10.2. The molecule has 2 nitrogen and oxygen atoms in total. The van der Waals surface area contributed by atoms with Gasteiger partial charge in [-0.05, 0) is 45.5 Å². The van der Waals surface area contributed by atoms with Crippen LogP contribution in [0.15, 0.2) is 12.1 Å². The summed E-state index contributed by atoms with van der Waals surface area (Å²) in [4.78, 5) is 4.61. The molecule has 0 bridgehead atoms. The lowest BCUT2D eigenvalue weighted by Crippen LogP contribution is -2.43. The van der Waals surface area contributed by atoms with Crippen LogP contribution in [0, 0.1) is 6.92 Å². The maximum atomic E-state index is 10.5. The van der Waals surface area contributed by atoms with Gasteiger partial charge in [0.25, 0.3) is 0 Å². The minimum absolute atomic E-state index is 0.591. The van der Waals surface area contributed by atoms with Gasteiger partial charge in [0.15, 0.2) is 0 Å². The number of rotatable bonds is 1. The van der Waals surface area contributed by atoms with E-state index in [0.29, 0.717) is 0 Å². The minimum Gasteiger partial charge on any atom is -0.383 e. The highest BCUT2D eigenvalue weighted by Crippen LogP contribution is 2.34. The van der Waals surface area contributed by atoms with Gasteiger partial charge in [-0.2, -0.15) is 0 Å². The van der Waals surface area contributed by atoms with E-state index in [2.05, 4.69) is 31.0 Å². The van der Waals surface area contributed by atoms with Crippen LogP contribution in [-0.2, 0) is 5.60 Å². The zero-order valence-electron chi connectivity index (χ0n) is 8.79. The number of likely N-dealkylation sites (tertiary alicyclic amines) is 1. The fraction of sp³-hybridized carbons (Fsp3) is 0.636. The van der Waals surface area contributed by atoms with Crippen LogP contribution in [0.2, 0.25) is 0 Å². The zero-order valence-corrected chi connectivity index (χ0v) is 9.60. The van der Waals surface area contributed by atoms with Crippen molar-refractivity contribution in [3.8, 4) is 0 Å². The van der Waals surface area contributed by atoms with Gasteiger partial charge in [0.1, 0.15) is 5.60 Å². The Morgan fingerprint density at radius 2 is 2.29 bits per heavy atom. The standard InChI is InChI=1S/C11H17NOS/c1-9-4-5-10(14-9)11(13)6-3-7-12(2)8-11/h4-5,13H,3,6-8H2,1-2H3. The van der Waals surface area contributed by atoms with Crippen molar-refractivity contribution in [3.63, 3.8) is 0 Å². The molecular formula is C11H17NOS. The Morgan fingerprint density at radius 1 is 1.50 bits per heavy atom. The molecule has 0 aliphatic carbocycles. The monoisotopic (exact) mass is 211 g/mol. The summed E-state index contributed by atoms with van der Waals surface area (Å²) >= 11 is 1.72. The third-order valence-electron chi connectivity index (χ3n) is 2.86. The summed E-state index contributed by atoms with van der Waals surface area (Å²) in [6.07, 6.45) is 1.99. The van der Waals surface area contributed by atoms with E-state index >= 15 is 0 Å². The number of nitrogens with zero attached hydrogens (tertiary/aromatic N) is 1. The first-order valence-electron chi connectivity index (χ1n) is 5.08. The highest BCUT2D eigenvalue weighted by atomic mass is 32.1. The van der Waals surface area contributed by atoms with Crippen molar-refractivity contribution in [2.24, 2.45) is 0 Å². The minimum atomic E-state index is -0.591. The van der Waals surface area contributed by atoms with Gasteiger partial charge in [-0.1, -0.05) is 0 Å². The van der Waals surface area contributed by atoms with E-state index in [9.17, 15) is 5.11 Å². The molecule has 1 atom stereocenters. The molecule has 1 aromatic rings. The molecule has 1 fully saturated rings. The second kappa shape index (κ2) is 3.65. The smallest absolute Gasteiger partial charge is 0.111 e. The topological polar surface area (TPSA) is 23.5 Å². The fourth-order valence-corrected chi connectivity index (χ4v) is 3.11. The normalized spacial score (nSPS) is 29.4. The van der Waals surface area contributed by atoms with Crippen molar-refractivity contribution in [1.29, 1.82) is 0 Å². The van der Waals surface area contributed by atoms with E-state index < -0.39 is 5.60 Å². The molecule has 1 aliphatic heterocycles. The number of thiophene rings is 1. The number of aliphatic hydroxyl groups is 1. The van der Waals surface area contributed by atoms with E-state index in [-0.39, 0.29) is 0 Å². The van der Waals surface area contributed by atoms with Crippen LogP contribution >= 0.6 is 11.3 Å². The molecule has 0 spiro atoms. The Bertz CT molecular complexity index is 323. The van der Waals surface area contributed by atoms with E-state index in [0.717, 1.165) is 30.8 Å². The van der Waals surface area contributed by atoms with Crippen molar-refractivity contribution < 1.29 is 5.11 Å². The molecule has 2 rings (SSSR count). The average molecular weight is 211 g/mol. The van der Waals surface area contributed by atoms with Gasteiger partial charge in [-0.3, -0.25) is 0 Å². The Balaban J connectivity index is 2.22. The van der Waals surface area contributed by atoms with Crippen LogP contribution in [0.1, 0.15) is 22.6 Å². The second-order valence-electron chi connectivity index (χ2n) is 4.28.